The summed E-state index contributed by atoms with van der Waals surface area (Å²) in [4.78, 5) is 2.00. The van der Waals surface area contributed by atoms with Crippen molar-refractivity contribution in [3.63, 3.8) is 0 Å². The molecule has 0 spiro atoms. The molecule has 1 aromatic rings. The van der Waals surface area contributed by atoms with E-state index in [-0.39, 0.29) is 12.1 Å². The molecule has 112 valence electrons. The summed E-state index contributed by atoms with van der Waals surface area (Å²) in [6.45, 7) is 2.25. The minimum Gasteiger partial charge on any atom is -0.384 e. The number of methoxy groups -OCH3 is 1. The third kappa shape index (κ3) is 3.13. The monoisotopic (exact) mass is 288 g/mol. The summed E-state index contributed by atoms with van der Waals surface area (Å²) in [6, 6.07) is 1.05. The number of likely N-dealkylation sites (tertiary alicyclic amines) is 1. The molecule has 1 aromatic carbocycles. The van der Waals surface area contributed by atoms with Crippen LogP contribution in [0.15, 0.2) is 12.1 Å². The number of halogens is 3. The summed E-state index contributed by atoms with van der Waals surface area (Å²) in [5.74, 6) is -2.62. The maximum absolute atomic E-state index is 13.9. The van der Waals surface area contributed by atoms with Crippen LogP contribution in [0.5, 0.6) is 0 Å². The molecule has 0 bridgehead atoms. The summed E-state index contributed by atoms with van der Waals surface area (Å²) >= 11 is 0. The molecule has 1 fully saturated rings. The highest BCUT2D eigenvalue weighted by Crippen LogP contribution is 2.29. The van der Waals surface area contributed by atoms with Crippen LogP contribution in [-0.2, 0) is 4.74 Å². The molecule has 1 saturated heterocycles. The number of nitrogens with zero attached hydrogens (tertiary/aromatic N) is 1. The van der Waals surface area contributed by atoms with E-state index in [2.05, 4.69) is 0 Å². The second kappa shape index (κ2) is 6.56. The highest BCUT2D eigenvalue weighted by atomic mass is 19.2. The van der Waals surface area contributed by atoms with Crippen LogP contribution in [0.2, 0.25) is 0 Å². The number of nitrogens with two attached hydrogens (primary N) is 1. The molecule has 0 amide bonds. The van der Waals surface area contributed by atoms with Crippen molar-refractivity contribution in [2.45, 2.75) is 12.5 Å². The predicted molar refractivity (Wildman–Crippen MR) is 69.7 cm³/mol. The molecule has 0 saturated carbocycles. The Kier molecular flexibility index (Phi) is 5.01. The van der Waals surface area contributed by atoms with Gasteiger partial charge in [-0.2, -0.15) is 0 Å². The van der Waals surface area contributed by atoms with E-state index in [9.17, 15) is 13.2 Å². The van der Waals surface area contributed by atoms with Crippen LogP contribution >= 0.6 is 0 Å². The molecule has 0 aromatic heterocycles. The molecule has 2 N–H and O–H groups in total. The summed E-state index contributed by atoms with van der Waals surface area (Å²) in [5, 5.41) is 0. The van der Waals surface area contributed by atoms with Gasteiger partial charge in [-0.3, -0.25) is 4.90 Å². The van der Waals surface area contributed by atoms with Crippen molar-refractivity contribution in [3.05, 3.63) is 35.1 Å². The molecule has 0 aliphatic carbocycles. The van der Waals surface area contributed by atoms with Gasteiger partial charge in [-0.15, -0.1) is 0 Å². The molecule has 20 heavy (non-hydrogen) atoms. The van der Waals surface area contributed by atoms with Crippen molar-refractivity contribution in [2.75, 3.05) is 33.4 Å². The lowest BCUT2D eigenvalue weighted by atomic mass is 10.0. The summed E-state index contributed by atoms with van der Waals surface area (Å²) in [5.41, 5.74) is 5.82. The molecular weight excluding hydrogens is 269 g/mol. The normalized spacial score (nSPS) is 21.4. The molecule has 2 unspecified atom stereocenters. The van der Waals surface area contributed by atoms with E-state index in [0.29, 0.717) is 25.1 Å². The molecule has 2 rings (SSSR count). The second-order valence-corrected chi connectivity index (χ2v) is 5.14. The third-order valence-corrected chi connectivity index (χ3v) is 3.78. The maximum atomic E-state index is 13.9. The van der Waals surface area contributed by atoms with Gasteiger partial charge in [0.15, 0.2) is 11.6 Å². The van der Waals surface area contributed by atoms with E-state index in [1.165, 1.54) is 0 Å². The van der Waals surface area contributed by atoms with Gasteiger partial charge in [-0.05, 0) is 24.9 Å². The van der Waals surface area contributed by atoms with Crippen LogP contribution in [-0.4, -0.2) is 38.3 Å². The van der Waals surface area contributed by atoms with Crippen molar-refractivity contribution in [3.8, 4) is 0 Å². The smallest absolute Gasteiger partial charge is 0.161 e. The molecule has 2 atom stereocenters. The Bertz CT molecular complexity index is 470. The van der Waals surface area contributed by atoms with Crippen LogP contribution in [0.4, 0.5) is 13.2 Å². The summed E-state index contributed by atoms with van der Waals surface area (Å²) < 4.78 is 45.3. The van der Waals surface area contributed by atoms with Crippen molar-refractivity contribution in [1.29, 1.82) is 0 Å². The molecule has 6 heteroatoms. The van der Waals surface area contributed by atoms with Gasteiger partial charge in [0.05, 0.1) is 12.6 Å². The fourth-order valence-electron chi connectivity index (χ4n) is 2.78. The highest BCUT2D eigenvalue weighted by molar-refractivity contribution is 5.24. The van der Waals surface area contributed by atoms with Gasteiger partial charge < -0.3 is 10.5 Å². The first-order valence-corrected chi connectivity index (χ1v) is 6.64. The zero-order valence-corrected chi connectivity index (χ0v) is 11.4. The zero-order valence-electron chi connectivity index (χ0n) is 11.4. The number of rotatable bonds is 5. The molecule has 1 aliphatic rings. The Labute approximate surface area is 116 Å². The molecule has 3 nitrogen and oxygen atoms in total. The minimum absolute atomic E-state index is 0.115. The largest absolute Gasteiger partial charge is 0.384 e. The van der Waals surface area contributed by atoms with Crippen LogP contribution in [0.25, 0.3) is 0 Å². The number of hydrogen-bond donors (Lipinski definition) is 1. The van der Waals surface area contributed by atoms with Crippen molar-refractivity contribution in [1.82, 2.24) is 4.90 Å². The van der Waals surface area contributed by atoms with E-state index in [1.807, 2.05) is 4.90 Å². The SMILES string of the molecule is COCC1CCN(C(CN)c2cc(F)c(F)cc2F)C1. The van der Waals surface area contributed by atoms with E-state index in [4.69, 9.17) is 10.5 Å². The number of hydrogen-bond acceptors (Lipinski definition) is 3. The quantitative estimate of drug-likeness (QED) is 0.843. The van der Waals surface area contributed by atoms with Crippen LogP contribution in [0.1, 0.15) is 18.0 Å². The topological polar surface area (TPSA) is 38.5 Å². The van der Waals surface area contributed by atoms with Gasteiger partial charge in [0.1, 0.15) is 5.82 Å². The first-order chi connectivity index (χ1) is 9.56. The van der Waals surface area contributed by atoms with Crippen molar-refractivity contribution in [2.24, 2.45) is 11.7 Å². The molecule has 1 aliphatic heterocycles. The number of ether oxygens (including phenoxy) is 1. The number of benzene rings is 1. The molecular formula is C14H19F3N2O. The average Bonchev–Trinajstić information content (AvgIpc) is 2.85. The summed E-state index contributed by atoms with van der Waals surface area (Å²) in [6.07, 6.45) is 0.926. The third-order valence-electron chi connectivity index (χ3n) is 3.78. The van der Waals surface area contributed by atoms with Crippen molar-refractivity contribution >= 4 is 0 Å². The lowest BCUT2D eigenvalue weighted by Gasteiger charge is -2.27. The fraction of sp³-hybridized carbons (Fsp3) is 0.571. The van der Waals surface area contributed by atoms with Crippen LogP contribution in [0.3, 0.4) is 0 Å². The standard InChI is InChI=1S/C14H19F3N2O/c1-20-8-9-2-3-19(7-9)14(6-18)10-4-12(16)13(17)5-11(10)15/h4-5,9,14H,2-3,6-8,18H2,1H3. The van der Waals surface area contributed by atoms with Gasteiger partial charge in [0, 0.05) is 31.8 Å². The zero-order chi connectivity index (χ0) is 14.7. The van der Waals surface area contributed by atoms with Crippen LogP contribution in [0, 0.1) is 23.4 Å². The Hall–Kier alpha value is -1.11. The van der Waals surface area contributed by atoms with Crippen molar-refractivity contribution < 1.29 is 17.9 Å². The molecule has 1 heterocycles. The Morgan fingerprint density at radius 2 is 2.00 bits per heavy atom. The lowest BCUT2D eigenvalue weighted by Crippen LogP contribution is -2.33. The summed E-state index contributed by atoms with van der Waals surface area (Å²) in [7, 11) is 1.64. The Morgan fingerprint density at radius 1 is 1.30 bits per heavy atom. The van der Waals surface area contributed by atoms with Gasteiger partial charge in [0.25, 0.3) is 0 Å². The maximum Gasteiger partial charge on any atom is 0.161 e. The highest BCUT2D eigenvalue weighted by Gasteiger charge is 2.30. The van der Waals surface area contributed by atoms with Crippen LogP contribution < -0.4 is 5.73 Å². The first-order valence-electron chi connectivity index (χ1n) is 6.64. The van der Waals surface area contributed by atoms with E-state index in [1.54, 1.807) is 7.11 Å². The Balaban J connectivity index is 2.19. The predicted octanol–water partition coefficient (Wildman–Crippen LogP) is 2.07. The van der Waals surface area contributed by atoms with Gasteiger partial charge in [-0.1, -0.05) is 0 Å². The first kappa shape index (κ1) is 15.3. The lowest BCUT2D eigenvalue weighted by molar-refractivity contribution is 0.147. The average molecular weight is 288 g/mol. The van der Waals surface area contributed by atoms with Gasteiger partial charge >= 0.3 is 0 Å². The second-order valence-electron chi connectivity index (χ2n) is 5.14. The fourth-order valence-corrected chi connectivity index (χ4v) is 2.78. The minimum atomic E-state index is -1.18. The Morgan fingerprint density at radius 3 is 2.65 bits per heavy atom. The van der Waals surface area contributed by atoms with Gasteiger partial charge in [-0.25, -0.2) is 13.2 Å². The molecule has 0 radical (unpaired) electrons. The van der Waals surface area contributed by atoms with E-state index in [0.717, 1.165) is 19.0 Å². The van der Waals surface area contributed by atoms with E-state index < -0.39 is 23.5 Å². The van der Waals surface area contributed by atoms with Gasteiger partial charge in [0.2, 0.25) is 0 Å². The van der Waals surface area contributed by atoms with E-state index >= 15 is 0 Å².